The number of aromatic nitrogens is 1. The van der Waals surface area contributed by atoms with Crippen LogP contribution in [0.2, 0.25) is 4.34 Å². The van der Waals surface area contributed by atoms with Crippen molar-refractivity contribution in [3.8, 4) is 12.3 Å². The fourth-order valence-electron chi connectivity index (χ4n) is 0.840. The summed E-state index contributed by atoms with van der Waals surface area (Å²) in [4.78, 5) is 4.13. The van der Waals surface area contributed by atoms with E-state index in [0.29, 0.717) is 0 Å². The van der Waals surface area contributed by atoms with E-state index in [-0.39, 0.29) is 0 Å². The lowest BCUT2D eigenvalue weighted by molar-refractivity contribution is 0.728. The van der Waals surface area contributed by atoms with Crippen LogP contribution in [0.5, 0.6) is 0 Å². The number of thioether (sulfide) groups is 1. The van der Waals surface area contributed by atoms with E-state index in [0.717, 1.165) is 33.9 Å². The van der Waals surface area contributed by atoms with E-state index in [4.69, 9.17) is 18.0 Å². The van der Waals surface area contributed by atoms with Crippen LogP contribution in [-0.4, -0.2) is 23.0 Å². The van der Waals surface area contributed by atoms with E-state index in [1.807, 2.05) is 0 Å². The maximum absolute atomic E-state index is 5.74. The van der Waals surface area contributed by atoms with Crippen molar-refractivity contribution in [1.82, 2.24) is 10.3 Å². The molecule has 0 aliphatic rings. The van der Waals surface area contributed by atoms with Crippen molar-refractivity contribution >= 4 is 34.7 Å². The molecule has 0 saturated heterocycles. The zero-order valence-electron chi connectivity index (χ0n) is 7.62. The second-order valence-electron chi connectivity index (χ2n) is 2.49. The molecule has 0 fully saturated rings. The van der Waals surface area contributed by atoms with Crippen LogP contribution in [-0.2, 0) is 6.54 Å². The Balaban J connectivity index is 2.02. The van der Waals surface area contributed by atoms with Crippen molar-refractivity contribution in [2.75, 3.05) is 18.1 Å². The van der Waals surface area contributed by atoms with Crippen molar-refractivity contribution in [3.63, 3.8) is 0 Å². The molecule has 0 aliphatic carbocycles. The van der Waals surface area contributed by atoms with Gasteiger partial charge < -0.3 is 5.32 Å². The van der Waals surface area contributed by atoms with Gasteiger partial charge in [-0.15, -0.1) is 29.5 Å². The number of hydrogen-bond donors (Lipinski definition) is 1. The van der Waals surface area contributed by atoms with Gasteiger partial charge in [0.2, 0.25) is 0 Å². The molecule has 0 aromatic carbocycles. The van der Waals surface area contributed by atoms with Crippen LogP contribution in [0.1, 0.15) is 5.01 Å². The van der Waals surface area contributed by atoms with Crippen molar-refractivity contribution in [2.24, 2.45) is 0 Å². The van der Waals surface area contributed by atoms with Crippen molar-refractivity contribution in [3.05, 3.63) is 15.5 Å². The summed E-state index contributed by atoms with van der Waals surface area (Å²) in [6, 6.07) is 0. The normalized spacial score (nSPS) is 10.0. The second-order valence-corrected chi connectivity index (χ2v) is 5.34. The summed E-state index contributed by atoms with van der Waals surface area (Å²) in [5.74, 6) is 4.40. The van der Waals surface area contributed by atoms with E-state index in [1.54, 1.807) is 18.0 Å². The molecule has 0 amide bonds. The molecule has 5 heteroatoms. The number of halogens is 1. The monoisotopic (exact) mass is 246 g/mol. The van der Waals surface area contributed by atoms with Gasteiger partial charge in [0.15, 0.2) is 0 Å². The molecular weight excluding hydrogens is 236 g/mol. The maximum atomic E-state index is 5.74. The average molecular weight is 247 g/mol. The molecule has 14 heavy (non-hydrogen) atoms. The van der Waals surface area contributed by atoms with Crippen LogP contribution in [0.25, 0.3) is 0 Å². The summed E-state index contributed by atoms with van der Waals surface area (Å²) in [6.45, 7) is 1.73. The Hall–Kier alpha value is -0.210. The molecule has 2 nitrogen and oxygen atoms in total. The molecule has 76 valence electrons. The summed E-state index contributed by atoms with van der Waals surface area (Å²) in [5, 5.41) is 4.30. The molecule has 1 N–H and O–H groups in total. The van der Waals surface area contributed by atoms with Gasteiger partial charge in [0.05, 0.1) is 11.9 Å². The molecular formula is C9H11ClN2S2. The standard InChI is InChI=1S/C9H11ClN2S2/c1-2-4-13-5-3-11-7-9-12-6-8(10)14-9/h1,6,11H,3-5,7H2. The lowest BCUT2D eigenvalue weighted by Gasteiger charge is -2.00. The highest BCUT2D eigenvalue weighted by Gasteiger charge is 1.98. The number of thiazole rings is 1. The molecule has 1 aromatic heterocycles. The third-order valence-electron chi connectivity index (χ3n) is 1.41. The number of rotatable bonds is 6. The van der Waals surface area contributed by atoms with Gasteiger partial charge in [0.1, 0.15) is 9.34 Å². The van der Waals surface area contributed by atoms with Gasteiger partial charge in [-0.2, -0.15) is 0 Å². The lowest BCUT2D eigenvalue weighted by Crippen LogP contribution is -2.16. The number of nitrogens with one attached hydrogen (secondary N) is 1. The predicted octanol–water partition coefficient (Wildman–Crippen LogP) is 2.25. The minimum absolute atomic E-state index is 0.739. The summed E-state index contributed by atoms with van der Waals surface area (Å²) in [7, 11) is 0. The molecule has 1 heterocycles. The Kier molecular flexibility index (Phi) is 6.04. The Morgan fingerprint density at radius 3 is 3.21 bits per heavy atom. The van der Waals surface area contributed by atoms with Crippen LogP contribution in [0.15, 0.2) is 6.20 Å². The largest absolute Gasteiger partial charge is 0.310 e. The molecule has 0 atom stereocenters. The van der Waals surface area contributed by atoms with Crippen LogP contribution in [0, 0.1) is 12.3 Å². The maximum Gasteiger partial charge on any atom is 0.113 e. The van der Waals surface area contributed by atoms with Crippen LogP contribution < -0.4 is 5.32 Å². The summed E-state index contributed by atoms with van der Waals surface area (Å²) >= 11 is 9.00. The molecule has 0 saturated carbocycles. The lowest BCUT2D eigenvalue weighted by atomic mass is 10.6. The Labute approximate surface area is 97.5 Å². The van der Waals surface area contributed by atoms with Gasteiger partial charge in [0.25, 0.3) is 0 Å². The Morgan fingerprint density at radius 2 is 2.57 bits per heavy atom. The van der Waals surface area contributed by atoms with Crippen LogP contribution in [0.4, 0.5) is 0 Å². The SMILES string of the molecule is C#CCSCCNCc1ncc(Cl)s1. The molecule has 1 aromatic rings. The summed E-state index contributed by atoms with van der Waals surface area (Å²) in [5.41, 5.74) is 0. The fourth-order valence-corrected chi connectivity index (χ4v) is 2.32. The molecule has 0 bridgehead atoms. The van der Waals surface area contributed by atoms with E-state index in [2.05, 4.69) is 16.2 Å². The zero-order chi connectivity index (χ0) is 10.2. The van der Waals surface area contributed by atoms with Gasteiger partial charge in [-0.05, 0) is 0 Å². The third-order valence-corrected chi connectivity index (χ3v) is 3.39. The van der Waals surface area contributed by atoms with E-state index in [9.17, 15) is 0 Å². The number of hydrogen-bond acceptors (Lipinski definition) is 4. The Morgan fingerprint density at radius 1 is 1.71 bits per heavy atom. The molecule has 0 spiro atoms. The molecule has 0 unspecified atom stereocenters. The van der Waals surface area contributed by atoms with Gasteiger partial charge >= 0.3 is 0 Å². The topological polar surface area (TPSA) is 24.9 Å². The Bertz CT molecular complexity index is 306. The average Bonchev–Trinajstić information content (AvgIpc) is 2.58. The minimum atomic E-state index is 0.739. The van der Waals surface area contributed by atoms with E-state index < -0.39 is 0 Å². The molecule has 1 rings (SSSR count). The molecule has 0 aliphatic heterocycles. The van der Waals surface area contributed by atoms with Crippen LogP contribution in [0.3, 0.4) is 0 Å². The van der Waals surface area contributed by atoms with E-state index >= 15 is 0 Å². The zero-order valence-corrected chi connectivity index (χ0v) is 10.0. The number of terminal acetylenes is 1. The summed E-state index contributed by atoms with van der Waals surface area (Å²) in [6.07, 6.45) is 6.80. The van der Waals surface area contributed by atoms with Gasteiger partial charge in [0, 0.05) is 18.8 Å². The quantitative estimate of drug-likeness (QED) is 0.616. The second kappa shape index (κ2) is 7.13. The predicted molar refractivity (Wildman–Crippen MR) is 65.0 cm³/mol. The minimum Gasteiger partial charge on any atom is -0.310 e. The van der Waals surface area contributed by atoms with Crippen LogP contribution >= 0.6 is 34.7 Å². The van der Waals surface area contributed by atoms with Crippen molar-refractivity contribution in [2.45, 2.75) is 6.54 Å². The number of nitrogens with zero attached hydrogens (tertiary/aromatic N) is 1. The highest BCUT2D eigenvalue weighted by Crippen LogP contribution is 2.17. The third kappa shape index (κ3) is 4.87. The molecule has 0 radical (unpaired) electrons. The first-order chi connectivity index (χ1) is 6.83. The van der Waals surface area contributed by atoms with Crippen molar-refractivity contribution in [1.29, 1.82) is 0 Å². The van der Waals surface area contributed by atoms with E-state index in [1.165, 1.54) is 11.3 Å². The first-order valence-electron chi connectivity index (χ1n) is 4.15. The van der Waals surface area contributed by atoms with Crippen molar-refractivity contribution < 1.29 is 0 Å². The first-order valence-corrected chi connectivity index (χ1v) is 6.50. The smallest absolute Gasteiger partial charge is 0.113 e. The van der Waals surface area contributed by atoms with Gasteiger partial charge in [-0.25, -0.2) is 4.98 Å². The highest BCUT2D eigenvalue weighted by atomic mass is 35.5. The highest BCUT2D eigenvalue weighted by molar-refractivity contribution is 7.99. The van der Waals surface area contributed by atoms with Gasteiger partial charge in [-0.3, -0.25) is 0 Å². The first kappa shape index (κ1) is 11.9. The summed E-state index contributed by atoms with van der Waals surface area (Å²) < 4.78 is 0.739. The fraction of sp³-hybridized carbons (Fsp3) is 0.444. The van der Waals surface area contributed by atoms with Gasteiger partial charge in [-0.1, -0.05) is 17.5 Å².